The first kappa shape index (κ1) is 21.1. The number of hydrogen-bond donors (Lipinski definition) is 1. The number of rotatable bonds is 7. The van der Waals surface area contributed by atoms with Gasteiger partial charge in [-0.3, -0.25) is 14.9 Å². The molecule has 0 saturated carbocycles. The van der Waals surface area contributed by atoms with Crippen molar-refractivity contribution in [2.24, 2.45) is 0 Å². The van der Waals surface area contributed by atoms with Crippen LogP contribution in [0.15, 0.2) is 42.5 Å². The van der Waals surface area contributed by atoms with Gasteiger partial charge in [-0.2, -0.15) is 0 Å². The van der Waals surface area contributed by atoms with Crippen molar-refractivity contribution in [2.45, 2.75) is 12.8 Å². The summed E-state index contributed by atoms with van der Waals surface area (Å²) in [5, 5.41) is 14.1. The molecule has 9 nitrogen and oxygen atoms in total. The maximum atomic E-state index is 12.3. The molecule has 0 bridgehead atoms. The molecule has 0 radical (unpaired) electrons. The van der Waals surface area contributed by atoms with E-state index in [1.165, 1.54) is 12.1 Å². The molecule has 1 fully saturated rings. The predicted molar refractivity (Wildman–Crippen MR) is 114 cm³/mol. The molecular formula is C21H24N4O5. The Morgan fingerprint density at radius 1 is 1.13 bits per heavy atom. The Balaban J connectivity index is 1.60. The number of amides is 1. The average Bonchev–Trinajstić information content (AvgIpc) is 3.26. The zero-order valence-corrected chi connectivity index (χ0v) is 17.0. The smallest absolute Gasteiger partial charge is 0.338 e. The molecule has 9 heteroatoms. The van der Waals surface area contributed by atoms with Gasteiger partial charge in [0.25, 0.3) is 11.6 Å². The lowest BCUT2D eigenvalue weighted by molar-refractivity contribution is -0.384. The minimum absolute atomic E-state index is 0.0350. The van der Waals surface area contributed by atoms with Crippen LogP contribution in [0.1, 0.15) is 23.2 Å². The molecule has 158 valence electrons. The van der Waals surface area contributed by atoms with E-state index in [-0.39, 0.29) is 11.3 Å². The van der Waals surface area contributed by atoms with Gasteiger partial charge in [0.05, 0.1) is 10.5 Å². The predicted octanol–water partition coefficient (Wildman–Crippen LogP) is 3.06. The van der Waals surface area contributed by atoms with Crippen LogP contribution in [0.3, 0.4) is 0 Å². The largest absolute Gasteiger partial charge is 0.452 e. The number of hydrogen-bond acceptors (Lipinski definition) is 7. The molecule has 1 amide bonds. The normalized spacial score (nSPS) is 13.1. The number of nitro groups is 1. The molecule has 2 aromatic rings. The van der Waals surface area contributed by atoms with Crippen LogP contribution >= 0.6 is 0 Å². The number of benzene rings is 2. The molecule has 0 aliphatic carbocycles. The second kappa shape index (κ2) is 9.25. The van der Waals surface area contributed by atoms with Gasteiger partial charge >= 0.3 is 5.97 Å². The van der Waals surface area contributed by atoms with Gasteiger partial charge in [-0.25, -0.2) is 4.79 Å². The maximum Gasteiger partial charge on any atom is 0.338 e. The van der Waals surface area contributed by atoms with Crippen LogP contribution in [-0.2, 0) is 9.53 Å². The number of nitrogens with zero attached hydrogens (tertiary/aromatic N) is 3. The summed E-state index contributed by atoms with van der Waals surface area (Å²) < 4.78 is 5.03. The van der Waals surface area contributed by atoms with Crippen molar-refractivity contribution in [3.8, 4) is 0 Å². The van der Waals surface area contributed by atoms with Crippen LogP contribution in [0.4, 0.5) is 22.7 Å². The van der Waals surface area contributed by atoms with Crippen LogP contribution in [0.25, 0.3) is 0 Å². The van der Waals surface area contributed by atoms with Crippen molar-refractivity contribution < 1.29 is 19.2 Å². The number of ether oxygens (including phenoxy) is 1. The first-order chi connectivity index (χ1) is 14.3. The minimum atomic E-state index is -0.788. The van der Waals surface area contributed by atoms with Crippen molar-refractivity contribution in [3.05, 3.63) is 58.1 Å². The Hall–Kier alpha value is -3.62. The van der Waals surface area contributed by atoms with Crippen LogP contribution in [0.2, 0.25) is 0 Å². The molecule has 1 saturated heterocycles. The van der Waals surface area contributed by atoms with Crippen LogP contribution in [-0.4, -0.2) is 50.6 Å². The SMILES string of the molecule is CN(C)c1ccc(NC(=O)COC(=O)c2ccc(N3CCCC3)c([N+](=O)[O-])c2)cc1. The summed E-state index contributed by atoms with van der Waals surface area (Å²) in [6.45, 7) is 1.01. The summed E-state index contributed by atoms with van der Waals surface area (Å²) in [7, 11) is 3.82. The fraction of sp³-hybridized carbons (Fsp3) is 0.333. The molecule has 1 aliphatic rings. The molecule has 0 atom stereocenters. The third kappa shape index (κ3) is 5.05. The molecule has 3 rings (SSSR count). The van der Waals surface area contributed by atoms with Gasteiger partial charge in [0.2, 0.25) is 0 Å². The molecule has 0 spiro atoms. The van der Waals surface area contributed by atoms with E-state index < -0.39 is 23.4 Å². The lowest BCUT2D eigenvalue weighted by Crippen LogP contribution is -2.21. The Morgan fingerprint density at radius 3 is 2.40 bits per heavy atom. The molecular weight excluding hydrogens is 388 g/mol. The molecule has 1 aliphatic heterocycles. The van der Waals surface area contributed by atoms with Gasteiger partial charge in [-0.15, -0.1) is 0 Å². The average molecular weight is 412 g/mol. The fourth-order valence-electron chi connectivity index (χ4n) is 3.28. The molecule has 30 heavy (non-hydrogen) atoms. The van der Waals surface area contributed by atoms with Crippen molar-refractivity contribution in [1.29, 1.82) is 0 Å². The van der Waals surface area contributed by atoms with Crippen LogP contribution < -0.4 is 15.1 Å². The standard InChI is InChI=1S/C21H24N4O5/c1-23(2)17-8-6-16(7-9-17)22-20(26)14-30-21(27)15-5-10-18(19(13-15)25(28)29)24-11-3-4-12-24/h5-10,13H,3-4,11-12,14H2,1-2H3,(H,22,26). The van der Waals surface area contributed by atoms with Gasteiger partial charge in [-0.1, -0.05) is 0 Å². The summed E-state index contributed by atoms with van der Waals surface area (Å²) in [5.74, 6) is -1.28. The second-order valence-corrected chi connectivity index (χ2v) is 7.22. The summed E-state index contributed by atoms with van der Waals surface area (Å²) in [6.07, 6.45) is 1.96. The third-order valence-electron chi connectivity index (χ3n) is 4.86. The number of carbonyl (C=O) groups is 2. The number of nitrogens with one attached hydrogen (secondary N) is 1. The van der Waals surface area contributed by atoms with E-state index in [9.17, 15) is 19.7 Å². The zero-order valence-electron chi connectivity index (χ0n) is 17.0. The third-order valence-corrected chi connectivity index (χ3v) is 4.86. The van der Waals surface area contributed by atoms with E-state index in [0.29, 0.717) is 11.4 Å². The summed E-state index contributed by atoms with van der Waals surface area (Å²) in [4.78, 5) is 39.1. The lowest BCUT2D eigenvalue weighted by atomic mass is 10.1. The second-order valence-electron chi connectivity index (χ2n) is 7.22. The monoisotopic (exact) mass is 412 g/mol. The van der Waals surface area contributed by atoms with Gasteiger partial charge in [-0.05, 0) is 49.2 Å². The van der Waals surface area contributed by atoms with E-state index in [0.717, 1.165) is 31.6 Å². The van der Waals surface area contributed by atoms with Gasteiger partial charge < -0.3 is 19.9 Å². The summed E-state index contributed by atoms with van der Waals surface area (Å²) in [6, 6.07) is 11.4. The van der Waals surface area contributed by atoms with Crippen molar-refractivity contribution >= 4 is 34.6 Å². The number of anilines is 3. The van der Waals surface area contributed by atoms with E-state index >= 15 is 0 Å². The van der Waals surface area contributed by atoms with E-state index in [4.69, 9.17) is 4.74 Å². The Morgan fingerprint density at radius 2 is 1.80 bits per heavy atom. The number of esters is 1. The highest BCUT2D eigenvalue weighted by atomic mass is 16.6. The van der Waals surface area contributed by atoms with Crippen molar-refractivity contribution in [2.75, 3.05) is 48.9 Å². The summed E-state index contributed by atoms with van der Waals surface area (Å²) >= 11 is 0. The highest BCUT2D eigenvalue weighted by Crippen LogP contribution is 2.31. The number of carbonyl (C=O) groups excluding carboxylic acids is 2. The summed E-state index contributed by atoms with van der Waals surface area (Å²) in [5.41, 5.74) is 1.95. The quantitative estimate of drug-likeness (QED) is 0.423. The minimum Gasteiger partial charge on any atom is -0.452 e. The lowest BCUT2D eigenvalue weighted by Gasteiger charge is -2.17. The highest BCUT2D eigenvalue weighted by molar-refractivity contribution is 5.96. The van der Waals surface area contributed by atoms with E-state index in [1.807, 2.05) is 36.0 Å². The van der Waals surface area contributed by atoms with Crippen molar-refractivity contribution in [1.82, 2.24) is 0 Å². The Bertz CT molecular complexity index is 937. The first-order valence-corrected chi connectivity index (χ1v) is 9.63. The van der Waals surface area contributed by atoms with E-state index in [2.05, 4.69) is 5.32 Å². The molecule has 1 heterocycles. The van der Waals surface area contributed by atoms with E-state index in [1.54, 1.807) is 18.2 Å². The topological polar surface area (TPSA) is 105 Å². The zero-order chi connectivity index (χ0) is 21.7. The first-order valence-electron chi connectivity index (χ1n) is 9.63. The number of nitro benzene ring substituents is 1. The van der Waals surface area contributed by atoms with Gasteiger partial charge in [0, 0.05) is 44.6 Å². The molecule has 0 aromatic heterocycles. The molecule has 2 aromatic carbocycles. The van der Waals surface area contributed by atoms with Gasteiger partial charge in [0.15, 0.2) is 6.61 Å². The highest BCUT2D eigenvalue weighted by Gasteiger charge is 2.24. The Kier molecular flexibility index (Phi) is 6.51. The van der Waals surface area contributed by atoms with Crippen LogP contribution in [0.5, 0.6) is 0 Å². The van der Waals surface area contributed by atoms with Gasteiger partial charge in [0.1, 0.15) is 5.69 Å². The van der Waals surface area contributed by atoms with Crippen LogP contribution in [0, 0.1) is 10.1 Å². The Labute approximate surface area is 174 Å². The fourth-order valence-corrected chi connectivity index (χ4v) is 3.28. The maximum absolute atomic E-state index is 12.3. The molecule has 0 unspecified atom stereocenters. The molecule has 1 N–H and O–H groups in total. The van der Waals surface area contributed by atoms with Crippen molar-refractivity contribution in [3.63, 3.8) is 0 Å².